The van der Waals surface area contributed by atoms with Gasteiger partial charge >= 0.3 is 0 Å². The highest BCUT2D eigenvalue weighted by Gasteiger charge is 2.12. The maximum atomic E-state index is 13.8. The highest BCUT2D eigenvalue weighted by molar-refractivity contribution is 5.88. The van der Waals surface area contributed by atoms with Crippen LogP contribution in [0.3, 0.4) is 0 Å². The monoisotopic (exact) mass is 415 g/mol. The lowest BCUT2D eigenvalue weighted by Crippen LogP contribution is -2.02. The quantitative estimate of drug-likeness (QED) is 0.368. The number of unbranched alkanes of at least 4 members (excludes halogenated alkanes) is 1. The van der Waals surface area contributed by atoms with Gasteiger partial charge < -0.3 is 9.47 Å². The van der Waals surface area contributed by atoms with Crippen LogP contribution in [0.25, 0.3) is 17.0 Å². The van der Waals surface area contributed by atoms with Gasteiger partial charge in [0.05, 0.1) is 24.4 Å². The Bertz CT molecular complexity index is 1050. The van der Waals surface area contributed by atoms with Crippen LogP contribution in [0.2, 0.25) is 0 Å². The van der Waals surface area contributed by atoms with Crippen molar-refractivity contribution in [2.75, 3.05) is 13.2 Å². The fourth-order valence-corrected chi connectivity index (χ4v) is 3.01. The summed E-state index contributed by atoms with van der Waals surface area (Å²) in [7, 11) is 0. The molecule has 0 radical (unpaired) electrons. The van der Waals surface area contributed by atoms with E-state index in [2.05, 4.69) is 11.9 Å². The molecule has 158 valence electrons. The summed E-state index contributed by atoms with van der Waals surface area (Å²) in [5.74, 6) is -1.06. The van der Waals surface area contributed by atoms with Crippen LogP contribution >= 0.6 is 0 Å². The molecule has 3 nitrogen and oxygen atoms in total. The van der Waals surface area contributed by atoms with Crippen molar-refractivity contribution in [1.29, 1.82) is 0 Å². The Balaban J connectivity index is 1.74. The van der Waals surface area contributed by atoms with Crippen LogP contribution in [0.15, 0.2) is 42.5 Å². The van der Waals surface area contributed by atoms with Crippen molar-refractivity contribution < 1.29 is 22.6 Å². The summed E-state index contributed by atoms with van der Waals surface area (Å²) < 4.78 is 51.6. The van der Waals surface area contributed by atoms with Gasteiger partial charge in [0.2, 0.25) is 0 Å². The van der Waals surface area contributed by atoms with Gasteiger partial charge in [-0.1, -0.05) is 19.4 Å². The molecule has 0 aliphatic rings. The molecule has 0 saturated carbocycles. The summed E-state index contributed by atoms with van der Waals surface area (Å²) in [5, 5.41) is 0.649. The normalized spacial score (nSPS) is 11.4. The number of fused-ring (bicyclic) bond motifs is 1. The van der Waals surface area contributed by atoms with Gasteiger partial charge in [0, 0.05) is 17.0 Å². The largest absolute Gasteiger partial charge is 0.493 e. The average Bonchev–Trinajstić information content (AvgIpc) is 2.71. The van der Waals surface area contributed by atoms with Gasteiger partial charge in [-0.3, -0.25) is 0 Å². The Morgan fingerprint density at radius 2 is 1.73 bits per heavy atom. The zero-order chi connectivity index (χ0) is 21.5. The molecule has 1 heterocycles. The second kappa shape index (κ2) is 10.1. The number of rotatable bonds is 9. The van der Waals surface area contributed by atoms with E-state index in [0.717, 1.165) is 30.5 Å². The predicted molar refractivity (Wildman–Crippen MR) is 112 cm³/mol. The van der Waals surface area contributed by atoms with Crippen LogP contribution in [0.4, 0.5) is 13.2 Å². The molecule has 2 aromatic carbocycles. The minimum Gasteiger partial charge on any atom is -0.493 e. The molecular formula is C24H24F3NO2. The molecule has 0 amide bonds. The van der Waals surface area contributed by atoms with Crippen LogP contribution in [0.5, 0.6) is 11.5 Å². The van der Waals surface area contributed by atoms with Crippen LogP contribution in [-0.4, -0.2) is 18.2 Å². The standard InChI is InChI=1S/C24H24F3NO2/c1-3-4-12-30-24-16(2)21(28-22-10-8-17(25)14-19(22)24)7-5-6-13-29-23-11-9-18(26)15-20(23)27/h5,7-11,14-15H,3-4,6,12-13H2,1-2H3. The topological polar surface area (TPSA) is 31.4 Å². The molecule has 1 aromatic heterocycles. The van der Waals surface area contributed by atoms with E-state index in [9.17, 15) is 13.2 Å². The van der Waals surface area contributed by atoms with Crippen LogP contribution in [0.1, 0.15) is 37.4 Å². The summed E-state index contributed by atoms with van der Waals surface area (Å²) in [5.41, 5.74) is 2.19. The molecule has 3 rings (SSSR count). The van der Waals surface area contributed by atoms with Crippen molar-refractivity contribution in [2.24, 2.45) is 0 Å². The van der Waals surface area contributed by atoms with E-state index in [1.54, 1.807) is 6.07 Å². The van der Waals surface area contributed by atoms with Crippen molar-refractivity contribution in [3.63, 3.8) is 0 Å². The maximum Gasteiger partial charge on any atom is 0.167 e. The fraction of sp³-hybridized carbons (Fsp3) is 0.292. The van der Waals surface area contributed by atoms with Crippen LogP contribution < -0.4 is 9.47 Å². The summed E-state index contributed by atoms with van der Waals surface area (Å²) in [6, 6.07) is 7.65. The SMILES string of the molecule is CCCCOc1c(C)c(C=CCCOc2ccc(F)cc2F)nc2ccc(F)cc12. The van der Waals surface area contributed by atoms with Crippen molar-refractivity contribution in [3.05, 3.63) is 71.2 Å². The second-order valence-electron chi connectivity index (χ2n) is 6.93. The molecule has 0 spiro atoms. The first-order chi connectivity index (χ1) is 14.5. The summed E-state index contributed by atoms with van der Waals surface area (Å²) in [6.07, 6.45) is 6.11. The minimum absolute atomic E-state index is 0.0125. The highest BCUT2D eigenvalue weighted by atomic mass is 19.1. The Morgan fingerprint density at radius 1 is 0.967 bits per heavy atom. The van der Waals surface area contributed by atoms with Crippen LogP contribution in [-0.2, 0) is 0 Å². The third kappa shape index (κ3) is 5.32. The predicted octanol–water partition coefficient (Wildman–Crippen LogP) is 6.62. The van der Waals surface area contributed by atoms with Gasteiger partial charge in [-0.2, -0.15) is 0 Å². The zero-order valence-corrected chi connectivity index (χ0v) is 17.1. The minimum atomic E-state index is -0.730. The molecule has 6 heteroatoms. The molecular weight excluding hydrogens is 391 g/mol. The molecule has 0 N–H and O–H groups in total. The third-order valence-corrected chi connectivity index (χ3v) is 4.62. The van der Waals surface area contributed by atoms with E-state index >= 15 is 0 Å². The fourth-order valence-electron chi connectivity index (χ4n) is 3.01. The van der Waals surface area contributed by atoms with E-state index in [0.29, 0.717) is 35.4 Å². The van der Waals surface area contributed by atoms with Gasteiger partial charge in [-0.25, -0.2) is 18.2 Å². The maximum absolute atomic E-state index is 13.8. The lowest BCUT2D eigenvalue weighted by atomic mass is 10.1. The van der Waals surface area contributed by atoms with Gasteiger partial charge in [-0.05, 0) is 56.2 Å². The van der Waals surface area contributed by atoms with Crippen molar-refractivity contribution in [1.82, 2.24) is 4.98 Å². The number of pyridine rings is 1. The van der Waals surface area contributed by atoms with E-state index < -0.39 is 11.6 Å². The Kier molecular flexibility index (Phi) is 7.33. The molecule has 0 bridgehead atoms. The first-order valence-corrected chi connectivity index (χ1v) is 9.96. The van der Waals surface area contributed by atoms with E-state index in [4.69, 9.17) is 9.47 Å². The molecule has 0 aliphatic carbocycles. The third-order valence-electron chi connectivity index (χ3n) is 4.62. The number of benzene rings is 2. The van der Waals surface area contributed by atoms with E-state index in [1.807, 2.05) is 19.1 Å². The van der Waals surface area contributed by atoms with Gasteiger partial charge in [0.25, 0.3) is 0 Å². The number of halogens is 3. The average molecular weight is 415 g/mol. The number of nitrogens with zero attached hydrogens (tertiary/aromatic N) is 1. The molecule has 0 aliphatic heterocycles. The number of hydrogen-bond acceptors (Lipinski definition) is 3. The van der Waals surface area contributed by atoms with Crippen molar-refractivity contribution >= 4 is 17.0 Å². The lowest BCUT2D eigenvalue weighted by molar-refractivity contribution is 0.307. The highest BCUT2D eigenvalue weighted by Crippen LogP contribution is 2.32. The van der Waals surface area contributed by atoms with E-state index in [-0.39, 0.29) is 18.2 Å². The second-order valence-corrected chi connectivity index (χ2v) is 6.93. The van der Waals surface area contributed by atoms with Gasteiger partial charge in [0.15, 0.2) is 11.6 Å². The van der Waals surface area contributed by atoms with Crippen molar-refractivity contribution in [2.45, 2.75) is 33.1 Å². The van der Waals surface area contributed by atoms with E-state index in [1.165, 1.54) is 18.2 Å². The molecule has 0 fully saturated rings. The molecule has 30 heavy (non-hydrogen) atoms. The molecule has 0 atom stereocenters. The molecule has 0 saturated heterocycles. The van der Waals surface area contributed by atoms with Gasteiger partial charge in [0.1, 0.15) is 17.4 Å². The Labute approximate surface area is 174 Å². The summed E-state index contributed by atoms with van der Waals surface area (Å²) in [4.78, 5) is 4.61. The number of hydrogen-bond donors (Lipinski definition) is 0. The van der Waals surface area contributed by atoms with Crippen molar-refractivity contribution in [3.8, 4) is 11.5 Å². The first-order valence-electron chi connectivity index (χ1n) is 9.96. The summed E-state index contributed by atoms with van der Waals surface area (Å²) in [6.45, 7) is 4.75. The van der Waals surface area contributed by atoms with Crippen LogP contribution in [0, 0.1) is 24.4 Å². The number of ether oxygens (including phenoxy) is 2. The Hall–Kier alpha value is -3.02. The first kappa shape index (κ1) is 21.7. The summed E-state index contributed by atoms with van der Waals surface area (Å²) >= 11 is 0. The van der Waals surface area contributed by atoms with Gasteiger partial charge in [-0.15, -0.1) is 0 Å². The molecule has 0 unspecified atom stereocenters. The lowest BCUT2D eigenvalue weighted by Gasteiger charge is -2.14. The smallest absolute Gasteiger partial charge is 0.167 e. The zero-order valence-electron chi connectivity index (χ0n) is 17.1. The molecule has 3 aromatic rings. The Morgan fingerprint density at radius 3 is 2.50 bits per heavy atom. The number of aromatic nitrogens is 1.